The van der Waals surface area contributed by atoms with Crippen LogP contribution in [-0.2, 0) is 4.74 Å². The molecule has 0 aliphatic carbocycles. The van der Waals surface area contributed by atoms with E-state index in [1.165, 1.54) is 0 Å². The van der Waals surface area contributed by atoms with Gasteiger partial charge in [-0.2, -0.15) is 5.26 Å². The number of methoxy groups -OCH3 is 1. The van der Waals surface area contributed by atoms with Crippen LogP contribution in [0, 0.1) is 24.2 Å². The zero-order valence-electron chi connectivity index (χ0n) is 9.56. The highest BCUT2D eigenvalue weighted by Gasteiger charge is 2.29. The van der Waals surface area contributed by atoms with Gasteiger partial charge in [0.25, 0.3) is 0 Å². The molecule has 0 N–H and O–H groups in total. The SMILES string of the molecule is COc1ccc(C2OCCC2C#N)cc1C. The maximum atomic E-state index is 9.01. The second-order valence-corrected chi connectivity index (χ2v) is 4.04. The quantitative estimate of drug-likeness (QED) is 0.764. The van der Waals surface area contributed by atoms with Gasteiger partial charge in [0.05, 0.1) is 25.2 Å². The number of rotatable bonds is 2. The van der Waals surface area contributed by atoms with Gasteiger partial charge in [0.1, 0.15) is 5.75 Å². The van der Waals surface area contributed by atoms with Crippen molar-refractivity contribution in [2.75, 3.05) is 13.7 Å². The predicted octanol–water partition coefficient (Wildman–Crippen LogP) is 2.60. The van der Waals surface area contributed by atoms with Gasteiger partial charge in [-0.1, -0.05) is 6.07 Å². The van der Waals surface area contributed by atoms with Gasteiger partial charge in [-0.25, -0.2) is 0 Å². The van der Waals surface area contributed by atoms with E-state index in [1.807, 2.05) is 25.1 Å². The minimum atomic E-state index is -0.0744. The Labute approximate surface area is 95.6 Å². The molecule has 3 heteroatoms. The fraction of sp³-hybridized carbons (Fsp3) is 0.462. The standard InChI is InChI=1S/C13H15NO2/c1-9-7-10(3-4-12(9)15-2)13-11(8-14)5-6-16-13/h3-4,7,11,13H,5-6H2,1-2H3. The number of ether oxygens (including phenoxy) is 2. The highest BCUT2D eigenvalue weighted by atomic mass is 16.5. The fourth-order valence-electron chi connectivity index (χ4n) is 2.13. The fourth-order valence-corrected chi connectivity index (χ4v) is 2.13. The molecular formula is C13H15NO2. The van der Waals surface area contributed by atoms with Gasteiger partial charge in [0.2, 0.25) is 0 Å². The molecule has 2 rings (SSSR count). The van der Waals surface area contributed by atoms with Crippen LogP contribution in [0.5, 0.6) is 5.75 Å². The first kappa shape index (κ1) is 11.0. The zero-order chi connectivity index (χ0) is 11.5. The van der Waals surface area contributed by atoms with Gasteiger partial charge >= 0.3 is 0 Å². The highest BCUT2D eigenvalue weighted by molar-refractivity contribution is 5.37. The van der Waals surface area contributed by atoms with Crippen molar-refractivity contribution < 1.29 is 9.47 Å². The van der Waals surface area contributed by atoms with Crippen molar-refractivity contribution in [1.29, 1.82) is 5.26 Å². The Morgan fingerprint density at radius 1 is 1.50 bits per heavy atom. The van der Waals surface area contributed by atoms with Crippen molar-refractivity contribution >= 4 is 0 Å². The molecule has 2 unspecified atom stereocenters. The average molecular weight is 217 g/mol. The third-order valence-corrected chi connectivity index (χ3v) is 3.00. The largest absolute Gasteiger partial charge is 0.496 e. The molecule has 3 nitrogen and oxygen atoms in total. The average Bonchev–Trinajstić information content (AvgIpc) is 2.77. The minimum Gasteiger partial charge on any atom is -0.496 e. The van der Waals surface area contributed by atoms with Crippen molar-refractivity contribution in [3.63, 3.8) is 0 Å². The maximum absolute atomic E-state index is 9.01. The summed E-state index contributed by atoms with van der Waals surface area (Å²) in [6.07, 6.45) is 0.751. The molecule has 0 amide bonds. The van der Waals surface area contributed by atoms with Crippen LogP contribution in [0.1, 0.15) is 23.7 Å². The van der Waals surface area contributed by atoms with E-state index in [4.69, 9.17) is 14.7 Å². The van der Waals surface area contributed by atoms with Crippen LogP contribution < -0.4 is 4.74 Å². The third kappa shape index (κ3) is 1.89. The summed E-state index contributed by atoms with van der Waals surface area (Å²) in [5.41, 5.74) is 2.15. The first-order valence-corrected chi connectivity index (χ1v) is 5.42. The second kappa shape index (κ2) is 4.54. The Bertz CT molecular complexity index is 422. The van der Waals surface area contributed by atoms with Crippen LogP contribution in [0.15, 0.2) is 18.2 Å². The van der Waals surface area contributed by atoms with Crippen molar-refractivity contribution in [1.82, 2.24) is 0 Å². The van der Waals surface area contributed by atoms with Crippen LogP contribution in [-0.4, -0.2) is 13.7 Å². The molecule has 0 aromatic heterocycles. The molecule has 1 heterocycles. The molecule has 2 atom stereocenters. The summed E-state index contributed by atoms with van der Waals surface area (Å²) in [5.74, 6) is 0.850. The van der Waals surface area contributed by atoms with Gasteiger partial charge in [-0.3, -0.25) is 0 Å². The third-order valence-electron chi connectivity index (χ3n) is 3.00. The second-order valence-electron chi connectivity index (χ2n) is 4.04. The van der Waals surface area contributed by atoms with Gasteiger partial charge in [0.15, 0.2) is 0 Å². The van der Waals surface area contributed by atoms with Crippen molar-refractivity contribution in [2.24, 2.45) is 5.92 Å². The molecule has 1 saturated heterocycles. The Kier molecular flexibility index (Phi) is 3.12. The normalized spacial score (nSPS) is 24.1. The van der Waals surface area contributed by atoms with E-state index >= 15 is 0 Å². The van der Waals surface area contributed by atoms with E-state index in [1.54, 1.807) is 7.11 Å². The van der Waals surface area contributed by atoms with E-state index in [0.717, 1.165) is 23.3 Å². The van der Waals surface area contributed by atoms with Crippen molar-refractivity contribution in [3.05, 3.63) is 29.3 Å². The maximum Gasteiger partial charge on any atom is 0.121 e. The van der Waals surface area contributed by atoms with E-state index in [2.05, 4.69) is 6.07 Å². The number of hydrogen-bond donors (Lipinski definition) is 0. The lowest BCUT2D eigenvalue weighted by atomic mass is 9.95. The monoisotopic (exact) mass is 217 g/mol. The Balaban J connectivity index is 2.28. The van der Waals surface area contributed by atoms with E-state index < -0.39 is 0 Å². The van der Waals surface area contributed by atoms with E-state index in [-0.39, 0.29) is 12.0 Å². The Morgan fingerprint density at radius 2 is 2.31 bits per heavy atom. The molecule has 0 saturated carbocycles. The smallest absolute Gasteiger partial charge is 0.121 e. The Morgan fingerprint density at radius 3 is 2.94 bits per heavy atom. The predicted molar refractivity (Wildman–Crippen MR) is 60.1 cm³/mol. The number of nitrogens with zero attached hydrogens (tertiary/aromatic N) is 1. The molecule has 1 aromatic carbocycles. The topological polar surface area (TPSA) is 42.2 Å². The molecule has 1 aliphatic heterocycles. The van der Waals surface area contributed by atoms with Crippen LogP contribution in [0.25, 0.3) is 0 Å². The van der Waals surface area contributed by atoms with Crippen LogP contribution in [0.3, 0.4) is 0 Å². The lowest BCUT2D eigenvalue weighted by Gasteiger charge is -2.15. The molecule has 84 valence electrons. The number of hydrogen-bond acceptors (Lipinski definition) is 3. The first-order chi connectivity index (χ1) is 7.76. The van der Waals surface area contributed by atoms with Crippen LogP contribution in [0.2, 0.25) is 0 Å². The summed E-state index contributed by atoms with van der Waals surface area (Å²) in [4.78, 5) is 0. The lowest BCUT2D eigenvalue weighted by Crippen LogP contribution is -2.05. The van der Waals surface area contributed by atoms with Gasteiger partial charge in [-0.15, -0.1) is 0 Å². The van der Waals surface area contributed by atoms with E-state index in [0.29, 0.717) is 6.61 Å². The molecule has 16 heavy (non-hydrogen) atoms. The summed E-state index contributed by atoms with van der Waals surface area (Å²) < 4.78 is 10.8. The molecule has 1 aliphatic rings. The highest BCUT2D eigenvalue weighted by Crippen LogP contribution is 2.35. The first-order valence-electron chi connectivity index (χ1n) is 5.42. The minimum absolute atomic E-state index is 0.0206. The van der Waals surface area contributed by atoms with Crippen LogP contribution in [0.4, 0.5) is 0 Å². The molecule has 0 radical (unpaired) electrons. The van der Waals surface area contributed by atoms with E-state index in [9.17, 15) is 0 Å². The molecule has 0 bridgehead atoms. The van der Waals surface area contributed by atoms with Crippen molar-refractivity contribution in [2.45, 2.75) is 19.4 Å². The van der Waals surface area contributed by atoms with Crippen LogP contribution >= 0.6 is 0 Å². The number of benzene rings is 1. The van der Waals surface area contributed by atoms with Gasteiger partial charge in [-0.05, 0) is 36.6 Å². The van der Waals surface area contributed by atoms with Gasteiger partial charge < -0.3 is 9.47 Å². The summed E-state index contributed by atoms with van der Waals surface area (Å²) in [6.45, 7) is 2.67. The lowest BCUT2D eigenvalue weighted by molar-refractivity contribution is 0.101. The summed E-state index contributed by atoms with van der Waals surface area (Å²) in [5, 5.41) is 9.01. The Hall–Kier alpha value is -1.53. The van der Waals surface area contributed by atoms with Crippen molar-refractivity contribution in [3.8, 4) is 11.8 Å². The molecular weight excluding hydrogens is 202 g/mol. The summed E-state index contributed by atoms with van der Waals surface area (Å²) in [7, 11) is 1.66. The molecule has 0 spiro atoms. The summed E-state index contributed by atoms with van der Waals surface area (Å²) in [6, 6.07) is 8.25. The van der Waals surface area contributed by atoms with Gasteiger partial charge in [0, 0.05) is 6.61 Å². The number of nitriles is 1. The molecule has 1 fully saturated rings. The summed E-state index contributed by atoms with van der Waals surface area (Å²) >= 11 is 0. The number of aryl methyl sites for hydroxylation is 1. The zero-order valence-corrected chi connectivity index (χ0v) is 9.56. The molecule has 1 aromatic rings.